The highest BCUT2D eigenvalue weighted by atomic mass is 79.9. The van der Waals surface area contributed by atoms with Crippen LogP contribution in [0.15, 0.2) is 22.7 Å². The fourth-order valence-corrected chi connectivity index (χ4v) is 2.84. The van der Waals surface area contributed by atoms with Gasteiger partial charge in [-0.1, -0.05) is 0 Å². The van der Waals surface area contributed by atoms with Crippen LogP contribution in [0, 0.1) is 10.1 Å². The second kappa shape index (κ2) is 7.00. The normalized spacial score (nSPS) is 16.7. The minimum absolute atomic E-state index is 0.102. The molecule has 1 heterocycles. The van der Waals surface area contributed by atoms with Gasteiger partial charge in [0.25, 0.3) is 11.6 Å². The van der Waals surface area contributed by atoms with Crippen LogP contribution in [-0.2, 0) is 0 Å². The van der Waals surface area contributed by atoms with Crippen molar-refractivity contribution in [3.05, 3.63) is 38.3 Å². The Morgan fingerprint density at radius 2 is 2.14 bits per heavy atom. The maximum absolute atomic E-state index is 12.1. The first-order valence-corrected chi connectivity index (χ1v) is 7.74. The molecule has 2 rings (SSSR count). The van der Waals surface area contributed by atoms with Crippen LogP contribution in [0.3, 0.4) is 0 Å². The number of nitrogens with one attached hydrogen (secondary N) is 1. The number of nitrogens with zero attached hydrogens (tertiary/aromatic N) is 2. The number of benzene rings is 1. The minimum atomic E-state index is -0.506. The molecule has 1 aromatic carbocycles. The second-order valence-corrected chi connectivity index (χ2v) is 6.08. The van der Waals surface area contributed by atoms with Gasteiger partial charge >= 0.3 is 0 Å². The topological polar surface area (TPSA) is 75.5 Å². The third kappa shape index (κ3) is 4.01. The zero-order valence-corrected chi connectivity index (χ0v) is 13.4. The summed E-state index contributed by atoms with van der Waals surface area (Å²) >= 11 is 3.11. The summed E-state index contributed by atoms with van der Waals surface area (Å²) in [5.74, 6) is -0.281. The van der Waals surface area contributed by atoms with E-state index < -0.39 is 4.92 Å². The number of halogens is 1. The number of carbonyl (C=O) groups excluding carboxylic acids is 1. The number of likely N-dealkylation sites (tertiary alicyclic amines) is 1. The highest BCUT2D eigenvalue weighted by Gasteiger charge is 2.20. The van der Waals surface area contributed by atoms with Gasteiger partial charge in [0.05, 0.1) is 9.40 Å². The van der Waals surface area contributed by atoms with Crippen LogP contribution in [0.1, 0.15) is 30.1 Å². The quantitative estimate of drug-likeness (QED) is 0.650. The minimum Gasteiger partial charge on any atom is -0.350 e. The third-order valence-corrected chi connectivity index (χ3v) is 4.40. The second-order valence-electron chi connectivity index (χ2n) is 5.23. The SMILES string of the molecule is CC(CNC(=O)c1ccc(Br)c([N+](=O)[O-])c1)N1CCCC1. The molecule has 1 amide bonds. The molecule has 7 heteroatoms. The van der Waals surface area contributed by atoms with Crippen molar-refractivity contribution in [1.29, 1.82) is 0 Å². The van der Waals surface area contributed by atoms with Crippen molar-refractivity contribution in [2.45, 2.75) is 25.8 Å². The van der Waals surface area contributed by atoms with Crippen molar-refractivity contribution in [2.75, 3.05) is 19.6 Å². The molecule has 1 atom stereocenters. The van der Waals surface area contributed by atoms with Crippen LogP contribution < -0.4 is 5.32 Å². The van der Waals surface area contributed by atoms with Crippen molar-refractivity contribution < 1.29 is 9.72 Å². The van der Waals surface area contributed by atoms with Crippen molar-refractivity contribution in [2.24, 2.45) is 0 Å². The Hall–Kier alpha value is -1.47. The average Bonchev–Trinajstić information content (AvgIpc) is 2.98. The summed E-state index contributed by atoms with van der Waals surface area (Å²) < 4.78 is 0.370. The lowest BCUT2D eigenvalue weighted by atomic mass is 10.2. The third-order valence-electron chi connectivity index (χ3n) is 3.73. The summed E-state index contributed by atoms with van der Waals surface area (Å²) in [6.07, 6.45) is 2.41. The Morgan fingerprint density at radius 1 is 1.48 bits per heavy atom. The van der Waals surface area contributed by atoms with E-state index in [9.17, 15) is 14.9 Å². The monoisotopic (exact) mass is 355 g/mol. The first-order chi connectivity index (χ1) is 9.99. The van der Waals surface area contributed by atoms with E-state index in [1.807, 2.05) is 0 Å². The predicted octanol–water partition coefficient (Wildman–Crippen LogP) is 2.57. The molecule has 0 spiro atoms. The van der Waals surface area contributed by atoms with Crippen molar-refractivity contribution >= 4 is 27.5 Å². The highest BCUT2D eigenvalue weighted by molar-refractivity contribution is 9.10. The summed E-state index contributed by atoms with van der Waals surface area (Å²) in [6, 6.07) is 4.67. The summed E-state index contributed by atoms with van der Waals surface area (Å²) in [5, 5.41) is 13.7. The van der Waals surface area contributed by atoms with E-state index in [0.717, 1.165) is 13.1 Å². The largest absolute Gasteiger partial charge is 0.350 e. The van der Waals surface area contributed by atoms with Gasteiger partial charge in [-0.25, -0.2) is 0 Å². The molecule has 1 aromatic rings. The molecule has 0 radical (unpaired) electrons. The molecule has 1 N–H and O–H groups in total. The van der Waals surface area contributed by atoms with Crippen molar-refractivity contribution in [3.63, 3.8) is 0 Å². The maximum Gasteiger partial charge on any atom is 0.284 e. The molecule has 0 saturated carbocycles. The lowest BCUT2D eigenvalue weighted by Crippen LogP contribution is -2.40. The first-order valence-electron chi connectivity index (χ1n) is 6.95. The summed E-state index contributed by atoms with van der Waals surface area (Å²) in [6.45, 7) is 4.76. The van der Waals surface area contributed by atoms with Crippen molar-refractivity contribution in [1.82, 2.24) is 10.2 Å². The molecule has 0 aromatic heterocycles. The van der Waals surface area contributed by atoms with E-state index in [1.165, 1.54) is 25.0 Å². The van der Waals surface area contributed by atoms with Crippen LogP contribution in [0.25, 0.3) is 0 Å². The van der Waals surface area contributed by atoms with E-state index in [1.54, 1.807) is 6.07 Å². The Morgan fingerprint density at radius 3 is 2.76 bits per heavy atom. The van der Waals surface area contributed by atoms with Crippen LogP contribution in [-0.4, -0.2) is 41.4 Å². The number of hydrogen-bond acceptors (Lipinski definition) is 4. The Kier molecular flexibility index (Phi) is 5.30. The van der Waals surface area contributed by atoms with Crippen LogP contribution in [0.5, 0.6) is 0 Å². The van der Waals surface area contributed by atoms with Gasteiger partial charge in [0, 0.05) is 24.2 Å². The number of hydrogen-bond donors (Lipinski definition) is 1. The summed E-state index contributed by atoms with van der Waals surface area (Å²) in [4.78, 5) is 24.8. The molecule has 1 aliphatic heterocycles. The number of rotatable bonds is 5. The zero-order chi connectivity index (χ0) is 15.4. The van der Waals surface area contributed by atoms with Crippen LogP contribution >= 0.6 is 15.9 Å². The highest BCUT2D eigenvalue weighted by Crippen LogP contribution is 2.25. The van der Waals surface area contributed by atoms with Gasteiger partial charge in [0.15, 0.2) is 0 Å². The molecular weight excluding hydrogens is 338 g/mol. The number of amides is 1. The van der Waals surface area contributed by atoms with Crippen LogP contribution in [0.2, 0.25) is 0 Å². The van der Waals surface area contributed by atoms with E-state index >= 15 is 0 Å². The number of nitro benzene ring substituents is 1. The van der Waals surface area contributed by atoms with Gasteiger partial charge in [-0.2, -0.15) is 0 Å². The maximum atomic E-state index is 12.1. The molecule has 1 aliphatic rings. The standard InChI is InChI=1S/C14H18BrN3O3/c1-10(17-6-2-3-7-17)9-16-14(19)11-4-5-12(15)13(8-11)18(20)21/h4-5,8,10H,2-3,6-7,9H2,1H3,(H,16,19). The number of carbonyl (C=O) groups is 1. The molecule has 21 heavy (non-hydrogen) atoms. The Bertz CT molecular complexity index is 544. The van der Waals surface area contributed by atoms with Gasteiger partial charge < -0.3 is 5.32 Å². The average molecular weight is 356 g/mol. The number of nitro groups is 1. The zero-order valence-electron chi connectivity index (χ0n) is 11.8. The van der Waals surface area contributed by atoms with E-state index in [2.05, 4.69) is 33.1 Å². The molecule has 1 fully saturated rings. The van der Waals surface area contributed by atoms with Gasteiger partial charge in [-0.15, -0.1) is 0 Å². The lowest BCUT2D eigenvalue weighted by Gasteiger charge is -2.23. The van der Waals surface area contributed by atoms with Gasteiger partial charge in [-0.05, 0) is 60.9 Å². The van der Waals surface area contributed by atoms with E-state index in [-0.39, 0.29) is 17.6 Å². The first kappa shape index (κ1) is 15.9. The molecule has 114 valence electrons. The van der Waals surface area contributed by atoms with Crippen LogP contribution in [0.4, 0.5) is 5.69 Å². The van der Waals surface area contributed by atoms with Gasteiger partial charge in [0.1, 0.15) is 0 Å². The van der Waals surface area contributed by atoms with Crippen molar-refractivity contribution in [3.8, 4) is 0 Å². The molecule has 0 aliphatic carbocycles. The smallest absolute Gasteiger partial charge is 0.284 e. The molecule has 0 bridgehead atoms. The van der Waals surface area contributed by atoms with Gasteiger partial charge in [0.2, 0.25) is 0 Å². The summed E-state index contributed by atoms with van der Waals surface area (Å²) in [5.41, 5.74) is 0.203. The molecule has 6 nitrogen and oxygen atoms in total. The predicted molar refractivity (Wildman–Crippen MR) is 83.4 cm³/mol. The molecular formula is C14H18BrN3O3. The van der Waals surface area contributed by atoms with E-state index in [0.29, 0.717) is 16.6 Å². The summed E-state index contributed by atoms with van der Waals surface area (Å²) in [7, 11) is 0. The Balaban J connectivity index is 1.96. The molecule has 1 unspecified atom stereocenters. The van der Waals surface area contributed by atoms with Gasteiger partial charge in [-0.3, -0.25) is 19.8 Å². The molecule has 1 saturated heterocycles. The lowest BCUT2D eigenvalue weighted by molar-refractivity contribution is -0.385. The fourth-order valence-electron chi connectivity index (χ4n) is 2.45. The Labute approximate surface area is 131 Å². The fraction of sp³-hybridized carbons (Fsp3) is 0.500. The van der Waals surface area contributed by atoms with E-state index in [4.69, 9.17) is 0 Å².